The van der Waals surface area contributed by atoms with E-state index in [1.807, 2.05) is 30.6 Å². The lowest BCUT2D eigenvalue weighted by Crippen LogP contribution is -2.21. The highest BCUT2D eigenvalue weighted by Crippen LogP contribution is 2.23. The second-order valence-electron chi connectivity index (χ2n) is 5.51. The fourth-order valence-electron chi connectivity index (χ4n) is 2.98. The predicted octanol–water partition coefficient (Wildman–Crippen LogP) is 2.74. The Hall–Kier alpha value is -1.66. The smallest absolute Gasteiger partial charge is 0.137 e. The molecular formula is C15H16BrN5. The lowest BCUT2D eigenvalue weighted by atomic mass is 10.3. The van der Waals surface area contributed by atoms with E-state index in [9.17, 15) is 0 Å². The van der Waals surface area contributed by atoms with E-state index in [4.69, 9.17) is 0 Å². The molecule has 5 nitrogen and oxygen atoms in total. The molecule has 1 fully saturated rings. The third-order valence-electron chi connectivity index (χ3n) is 3.99. The molecule has 3 aromatic heterocycles. The highest BCUT2D eigenvalue weighted by atomic mass is 79.9. The zero-order chi connectivity index (χ0) is 14.2. The number of hydrogen-bond donors (Lipinski definition) is 0. The normalized spacial score (nSPS) is 19.6. The van der Waals surface area contributed by atoms with Gasteiger partial charge in [-0.15, -0.1) is 0 Å². The number of imidazole rings is 1. The number of aromatic nitrogens is 4. The summed E-state index contributed by atoms with van der Waals surface area (Å²) in [7, 11) is 0. The summed E-state index contributed by atoms with van der Waals surface area (Å²) < 4.78 is 5.18. The number of nitrogens with zero attached hydrogens (tertiary/aromatic N) is 5. The van der Waals surface area contributed by atoms with Crippen molar-refractivity contribution in [3.8, 4) is 0 Å². The highest BCUT2D eigenvalue weighted by Gasteiger charge is 2.24. The maximum Gasteiger partial charge on any atom is 0.137 e. The molecule has 0 saturated carbocycles. The van der Waals surface area contributed by atoms with Gasteiger partial charge in [0.25, 0.3) is 0 Å². The van der Waals surface area contributed by atoms with Crippen LogP contribution in [0.25, 0.3) is 5.65 Å². The van der Waals surface area contributed by atoms with E-state index in [0.717, 1.165) is 41.9 Å². The summed E-state index contributed by atoms with van der Waals surface area (Å²) in [5, 5.41) is 4.40. The maximum atomic E-state index is 4.67. The summed E-state index contributed by atoms with van der Waals surface area (Å²) in [4.78, 5) is 7.12. The van der Waals surface area contributed by atoms with E-state index in [2.05, 4.69) is 52.4 Å². The largest absolute Gasteiger partial charge is 0.307 e. The van der Waals surface area contributed by atoms with Gasteiger partial charge in [-0.05, 0) is 34.5 Å². The number of rotatable bonds is 3. The van der Waals surface area contributed by atoms with Crippen molar-refractivity contribution in [1.82, 2.24) is 24.1 Å². The van der Waals surface area contributed by atoms with Gasteiger partial charge >= 0.3 is 0 Å². The van der Waals surface area contributed by atoms with Crippen molar-refractivity contribution in [2.24, 2.45) is 0 Å². The van der Waals surface area contributed by atoms with Gasteiger partial charge in [-0.25, -0.2) is 4.98 Å². The molecule has 108 valence electrons. The molecular weight excluding hydrogens is 330 g/mol. The van der Waals surface area contributed by atoms with Gasteiger partial charge in [-0.1, -0.05) is 6.07 Å². The molecule has 0 amide bonds. The first-order chi connectivity index (χ1) is 10.3. The van der Waals surface area contributed by atoms with Crippen LogP contribution in [0.5, 0.6) is 0 Å². The Balaban J connectivity index is 1.46. The summed E-state index contributed by atoms with van der Waals surface area (Å²) >= 11 is 3.46. The van der Waals surface area contributed by atoms with E-state index in [1.165, 1.54) is 0 Å². The molecule has 0 aromatic carbocycles. The minimum atomic E-state index is 0.466. The van der Waals surface area contributed by atoms with Crippen LogP contribution >= 0.6 is 15.9 Å². The van der Waals surface area contributed by atoms with Crippen LogP contribution in [0, 0.1) is 0 Å². The lowest BCUT2D eigenvalue weighted by Gasteiger charge is -2.14. The average molecular weight is 346 g/mol. The molecule has 1 aliphatic heterocycles. The molecule has 1 saturated heterocycles. The average Bonchev–Trinajstić information content (AvgIpc) is 3.17. The summed E-state index contributed by atoms with van der Waals surface area (Å²) in [5.41, 5.74) is 2.14. The van der Waals surface area contributed by atoms with Crippen molar-refractivity contribution in [3.63, 3.8) is 0 Å². The Bertz CT molecular complexity index is 729. The van der Waals surface area contributed by atoms with Gasteiger partial charge in [0, 0.05) is 38.2 Å². The molecule has 1 atom stereocenters. The summed E-state index contributed by atoms with van der Waals surface area (Å²) in [6, 6.07) is 6.55. The Morgan fingerprint density at radius 1 is 1.29 bits per heavy atom. The Kier molecular flexibility index (Phi) is 3.27. The number of pyridine rings is 1. The summed E-state index contributed by atoms with van der Waals surface area (Å²) in [6.45, 7) is 3.03. The van der Waals surface area contributed by atoms with Crippen molar-refractivity contribution in [3.05, 3.63) is 53.2 Å². The molecule has 4 heterocycles. The second kappa shape index (κ2) is 5.27. The van der Waals surface area contributed by atoms with Crippen LogP contribution in [0.3, 0.4) is 0 Å². The molecule has 6 heteroatoms. The fourth-order valence-corrected chi connectivity index (χ4v) is 3.28. The van der Waals surface area contributed by atoms with E-state index in [-0.39, 0.29) is 0 Å². The standard InChI is InChI=1S/C15H16BrN5/c16-12-7-17-21(8-12)14-4-6-19(11-14)9-13-10-20-5-2-1-3-15(20)18-13/h1-3,5,7-8,10,14H,4,6,9,11H2. The molecule has 4 rings (SSSR count). The summed E-state index contributed by atoms with van der Waals surface area (Å²) in [6.07, 6.45) is 9.21. The van der Waals surface area contributed by atoms with Crippen molar-refractivity contribution < 1.29 is 0 Å². The molecule has 1 unspecified atom stereocenters. The van der Waals surface area contributed by atoms with Crippen LogP contribution in [0.1, 0.15) is 18.2 Å². The van der Waals surface area contributed by atoms with Gasteiger partial charge in [0.1, 0.15) is 5.65 Å². The van der Waals surface area contributed by atoms with Crippen molar-refractivity contribution >= 4 is 21.6 Å². The number of hydrogen-bond acceptors (Lipinski definition) is 3. The quantitative estimate of drug-likeness (QED) is 0.732. The van der Waals surface area contributed by atoms with E-state index in [0.29, 0.717) is 6.04 Å². The highest BCUT2D eigenvalue weighted by molar-refractivity contribution is 9.10. The van der Waals surface area contributed by atoms with E-state index in [1.54, 1.807) is 0 Å². The number of likely N-dealkylation sites (tertiary alicyclic amines) is 1. The Labute approximate surface area is 131 Å². The zero-order valence-corrected chi connectivity index (χ0v) is 13.1. The van der Waals surface area contributed by atoms with Crippen molar-refractivity contribution in [2.45, 2.75) is 19.0 Å². The van der Waals surface area contributed by atoms with Gasteiger partial charge in [0.2, 0.25) is 0 Å². The fraction of sp³-hybridized carbons (Fsp3) is 0.333. The van der Waals surface area contributed by atoms with Crippen LogP contribution < -0.4 is 0 Å². The van der Waals surface area contributed by atoms with Crippen molar-refractivity contribution in [2.75, 3.05) is 13.1 Å². The maximum absolute atomic E-state index is 4.67. The topological polar surface area (TPSA) is 38.4 Å². The molecule has 1 aliphatic rings. The van der Waals surface area contributed by atoms with Crippen LogP contribution in [0.4, 0.5) is 0 Å². The molecule has 0 bridgehead atoms. The van der Waals surface area contributed by atoms with Gasteiger partial charge in [-0.3, -0.25) is 9.58 Å². The first-order valence-electron chi connectivity index (χ1n) is 7.12. The SMILES string of the molecule is Brc1cnn(C2CCN(Cc3cn4ccccc4n3)C2)c1. The van der Waals surface area contributed by atoms with E-state index < -0.39 is 0 Å². The minimum absolute atomic E-state index is 0.466. The first kappa shape index (κ1) is 13.0. The molecule has 0 N–H and O–H groups in total. The summed E-state index contributed by atoms with van der Waals surface area (Å²) in [5.74, 6) is 0. The molecule has 21 heavy (non-hydrogen) atoms. The number of fused-ring (bicyclic) bond motifs is 1. The minimum Gasteiger partial charge on any atom is -0.307 e. The van der Waals surface area contributed by atoms with Crippen LogP contribution in [0.2, 0.25) is 0 Å². The third-order valence-corrected chi connectivity index (χ3v) is 4.40. The van der Waals surface area contributed by atoms with Gasteiger partial charge in [0.15, 0.2) is 0 Å². The van der Waals surface area contributed by atoms with Gasteiger partial charge < -0.3 is 4.40 Å². The first-order valence-corrected chi connectivity index (χ1v) is 7.92. The van der Waals surface area contributed by atoms with Crippen LogP contribution in [-0.4, -0.2) is 37.2 Å². The monoisotopic (exact) mass is 345 g/mol. The molecule has 3 aromatic rings. The van der Waals surface area contributed by atoms with Gasteiger partial charge in [-0.2, -0.15) is 5.10 Å². The van der Waals surface area contributed by atoms with Crippen LogP contribution in [-0.2, 0) is 6.54 Å². The zero-order valence-electron chi connectivity index (χ0n) is 11.6. The molecule has 0 aliphatic carbocycles. The predicted molar refractivity (Wildman–Crippen MR) is 84.1 cm³/mol. The Morgan fingerprint density at radius 3 is 3.05 bits per heavy atom. The second-order valence-corrected chi connectivity index (χ2v) is 6.43. The van der Waals surface area contributed by atoms with Crippen molar-refractivity contribution in [1.29, 1.82) is 0 Å². The van der Waals surface area contributed by atoms with E-state index >= 15 is 0 Å². The number of halogens is 1. The third kappa shape index (κ3) is 2.61. The Morgan fingerprint density at radius 2 is 2.24 bits per heavy atom. The van der Waals surface area contributed by atoms with Crippen LogP contribution in [0.15, 0.2) is 47.5 Å². The molecule has 0 spiro atoms. The lowest BCUT2D eigenvalue weighted by molar-refractivity contribution is 0.308. The molecule has 0 radical (unpaired) electrons. The van der Waals surface area contributed by atoms with Gasteiger partial charge in [0.05, 0.1) is 22.4 Å².